The summed E-state index contributed by atoms with van der Waals surface area (Å²) in [4.78, 5) is 16.6. The van der Waals surface area contributed by atoms with Crippen LogP contribution in [0.15, 0.2) is 54.7 Å². The van der Waals surface area contributed by atoms with Crippen molar-refractivity contribution in [2.24, 2.45) is 11.1 Å². The van der Waals surface area contributed by atoms with Crippen molar-refractivity contribution < 1.29 is 22.6 Å². The zero-order valence-corrected chi connectivity index (χ0v) is 19.3. The second-order valence-electron chi connectivity index (χ2n) is 8.84. The molecule has 2 aromatic heterocycles. The Hall–Kier alpha value is -3.80. The molecule has 0 atom stereocenters. The van der Waals surface area contributed by atoms with E-state index in [1.807, 2.05) is 6.92 Å². The van der Waals surface area contributed by atoms with Crippen molar-refractivity contribution in [2.45, 2.75) is 13.2 Å². The minimum atomic E-state index is -0.994. The number of nitrogens with two attached hydrogens (primary N) is 1. The van der Waals surface area contributed by atoms with Crippen LogP contribution in [0.1, 0.15) is 19.0 Å². The highest BCUT2D eigenvalue weighted by atomic mass is 19.2. The number of imidazole rings is 1. The smallest absolute Gasteiger partial charge is 0.227 e. The van der Waals surface area contributed by atoms with Gasteiger partial charge in [0.2, 0.25) is 12.2 Å². The van der Waals surface area contributed by atoms with Crippen molar-refractivity contribution in [3.05, 3.63) is 78.0 Å². The van der Waals surface area contributed by atoms with Gasteiger partial charge in [0.15, 0.2) is 17.5 Å². The summed E-state index contributed by atoms with van der Waals surface area (Å²) in [6.07, 6.45) is 0.763. The van der Waals surface area contributed by atoms with Gasteiger partial charge in [-0.25, -0.2) is 28.1 Å². The lowest BCUT2D eigenvalue weighted by Gasteiger charge is -2.35. The molecule has 1 aliphatic heterocycles. The fourth-order valence-electron chi connectivity index (χ4n) is 3.69. The van der Waals surface area contributed by atoms with E-state index in [2.05, 4.69) is 25.3 Å². The first-order valence-corrected chi connectivity index (χ1v) is 11.2. The van der Waals surface area contributed by atoms with Gasteiger partial charge >= 0.3 is 0 Å². The Kier molecular flexibility index (Phi) is 6.44. The molecular weight excluding hydrogens is 473 g/mol. The lowest BCUT2D eigenvalue weighted by atomic mass is 9.93. The molecule has 0 aliphatic carbocycles. The number of hydrogen-bond acceptors (Lipinski definition) is 7. The highest BCUT2D eigenvalue weighted by Gasteiger charge is 2.34. The van der Waals surface area contributed by atoms with Crippen molar-refractivity contribution in [1.82, 2.24) is 19.9 Å². The van der Waals surface area contributed by atoms with Crippen molar-refractivity contribution >= 4 is 11.6 Å². The van der Waals surface area contributed by atoms with Gasteiger partial charge in [0.05, 0.1) is 30.3 Å². The van der Waals surface area contributed by atoms with E-state index in [9.17, 15) is 13.2 Å². The van der Waals surface area contributed by atoms with Crippen LogP contribution in [0.3, 0.4) is 0 Å². The second-order valence-corrected chi connectivity index (χ2v) is 8.84. The van der Waals surface area contributed by atoms with Crippen molar-refractivity contribution in [3.8, 4) is 22.6 Å². The monoisotopic (exact) mass is 496 g/mol. The minimum absolute atomic E-state index is 0.156. The maximum absolute atomic E-state index is 13.6. The number of halogens is 3. The van der Waals surface area contributed by atoms with Gasteiger partial charge in [0, 0.05) is 35.5 Å². The summed E-state index contributed by atoms with van der Waals surface area (Å²) in [6, 6.07) is 10.9. The standard InChI is InChI=1S/C25H23F3N6O2/c1-25(11-29)12-35-23(36-13-25)22-33-20(14-2-4-15(26)5-3-14)21(34-22)19-8-9-30-24(32-19)31-16-6-7-17(27)18(28)10-16/h2-10,23H,11-13,29H2,1H3,(H,33,34)(H,30,31,32). The van der Waals surface area contributed by atoms with Crippen LogP contribution in [0.2, 0.25) is 0 Å². The lowest BCUT2D eigenvalue weighted by molar-refractivity contribution is -0.231. The molecule has 1 fully saturated rings. The summed E-state index contributed by atoms with van der Waals surface area (Å²) in [7, 11) is 0. The number of ether oxygens (including phenoxy) is 2. The predicted octanol–water partition coefficient (Wildman–Crippen LogP) is 4.71. The number of aromatic nitrogens is 4. The van der Waals surface area contributed by atoms with Gasteiger partial charge in [-0.2, -0.15) is 0 Å². The van der Waals surface area contributed by atoms with E-state index < -0.39 is 17.9 Å². The van der Waals surface area contributed by atoms with Crippen LogP contribution < -0.4 is 11.1 Å². The average molecular weight is 496 g/mol. The van der Waals surface area contributed by atoms with Gasteiger partial charge in [-0.15, -0.1) is 0 Å². The normalized spacial score (nSPS) is 19.9. The highest BCUT2D eigenvalue weighted by Crippen LogP contribution is 2.35. The van der Waals surface area contributed by atoms with Gasteiger partial charge in [-0.05, 0) is 42.5 Å². The molecule has 4 aromatic rings. The molecule has 1 saturated heterocycles. The Morgan fingerprint density at radius 1 is 1.03 bits per heavy atom. The van der Waals surface area contributed by atoms with E-state index in [4.69, 9.17) is 15.2 Å². The number of H-pyrrole nitrogens is 1. The molecule has 186 valence electrons. The van der Waals surface area contributed by atoms with Crippen LogP contribution in [0.25, 0.3) is 22.6 Å². The fourth-order valence-corrected chi connectivity index (χ4v) is 3.69. The maximum atomic E-state index is 13.6. The van der Waals surface area contributed by atoms with Crippen molar-refractivity contribution in [3.63, 3.8) is 0 Å². The molecule has 0 bridgehead atoms. The number of nitrogens with zero attached hydrogens (tertiary/aromatic N) is 3. The Balaban J connectivity index is 1.50. The Bertz CT molecular complexity index is 1370. The van der Waals surface area contributed by atoms with E-state index in [1.165, 1.54) is 24.4 Å². The van der Waals surface area contributed by atoms with Crippen LogP contribution in [-0.4, -0.2) is 39.7 Å². The first-order valence-electron chi connectivity index (χ1n) is 11.2. The third-order valence-corrected chi connectivity index (χ3v) is 5.81. The molecule has 0 spiro atoms. The number of rotatable bonds is 6. The van der Waals surface area contributed by atoms with E-state index >= 15 is 0 Å². The van der Waals surface area contributed by atoms with E-state index in [-0.39, 0.29) is 22.9 Å². The summed E-state index contributed by atoms with van der Waals surface area (Å²) in [5, 5.41) is 2.86. The highest BCUT2D eigenvalue weighted by molar-refractivity contribution is 5.77. The third kappa shape index (κ3) is 4.94. The van der Waals surface area contributed by atoms with Crippen LogP contribution >= 0.6 is 0 Å². The number of nitrogens with one attached hydrogen (secondary N) is 2. The average Bonchev–Trinajstić information content (AvgIpc) is 3.33. The van der Waals surface area contributed by atoms with E-state index in [0.717, 1.165) is 12.1 Å². The van der Waals surface area contributed by atoms with Crippen LogP contribution in [0.5, 0.6) is 0 Å². The summed E-state index contributed by atoms with van der Waals surface area (Å²) in [5.74, 6) is -1.76. The second kappa shape index (κ2) is 9.69. The van der Waals surface area contributed by atoms with Gasteiger partial charge < -0.3 is 25.5 Å². The first kappa shape index (κ1) is 23.9. The largest absolute Gasteiger partial charge is 0.345 e. The molecule has 3 heterocycles. The summed E-state index contributed by atoms with van der Waals surface area (Å²) in [6.45, 7) is 3.18. The molecule has 8 nitrogen and oxygen atoms in total. The molecule has 1 aliphatic rings. The Morgan fingerprint density at radius 3 is 2.47 bits per heavy atom. The summed E-state index contributed by atoms with van der Waals surface area (Å²) >= 11 is 0. The molecule has 0 radical (unpaired) electrons. The molecule has 36 heavy (non-hydrogen) atoms. The number of aromatic amines is 1. The van der Waals surface area contributed by atoms with Gasteiger partial charge in [-0.3, -0.25) is 0 Å². The molecule has 0 unspecified atom stereocenters. The Morgan fingerprint density at radius 2 is 1.78 bits per heavy atom. The molecule has 0 amide bonds. The maximum Gasteiger partial charge on any atom is 0.227 e. The lowest BCUT2D eigenvalue weighted by Crippen LogP contribution is -2.42. The quantitative estimate of drug-likeness (QED) is 0.355. The van der Waals surface area contributed by atoms with E-state index in [1.54, 1.807) is 18.2 Å². The first-order chi connectivity index (χ1) is 17.3. The fraction of sp³-hybridized carbons (Fsp3) is 0.240. The molecule has 5 rings (SSSR count). The molecule has 11 heteroatoms. The van der Waals surface area contributed by atoms with Crippen LogP contribution in [0, 0.1) is 22.9 Å². The zero-order chi connectivity index (χ0) is 25.3. The molecule has 4 N–H and O–H groups in total. The predicted molar refractivity (Wildman–Crippen MR) is 126 cm³/mol. The van der Waals surface area contributed by atoms with Gasteiger partial charge in [0.1, 0.15) is 5.82 Å². The summed E-state index contributed by atoms with van der Waals surface area (Å²) in [5.41, 5.74) is 7.93. The molecular formula is C25H23F3N6O2. The Labute approximate surface area is 204 Å². The SMILES string of the molecule is CC1(CN)COC(c2nc(-c3ccc(F)cc3)c(-c3ccnc(Nc4ccc(F)c(F)c4)n3)[nH]2)OC1. The summed E-state index contributed by atoms with van der Waals surface area (Å²) < 4.78 is 52.3. The number of benzene rings is 2. The zero-order valence-electron chi connectivity index (χ0n) is 19.3. The number of anilines is 2. The van der Waals surface area contributed by atoms with Crippen LogP contribution in [0.4, 0.5) is 24.8 Å². The molecule has 2 aromatic carbocycles. The van der Waals surface area contributed by atoms with Crippen LogP contribution in [-0.2, 0) is 9.47 Å². The van der Waals surface area contributed by atoms with Crippen molar-refractivity contribution in [1.29, 1.82) is 0 Å². The topological polar surface area (TPSA) is 111 Å². The van der Waals surface area contributed by atoms with Gasteiger partial charge in [0.25, 0.3) is 0 Å². The minimum Gasteiger partial charge on any atom is -0.345 e. The third-order valence-electron chi connectivity index (χ3n) is 5.81. The van der Waals surface area contributed by atoms with Gasteiger partial charge in [-0.1, -0.05) is 6.92 Å². The van der Waals surface area contributed by atoms with Crippen molar-refractivity contribution in [2.75, 3.05) is 25.1 Å². The number of hydrogen-bond donors (Lipinski definition) is 3. The molecule has 0 saturated carbocycles. The van der Waals surface area contributed by atoms with E-state index in [0.29, 0.717) is 48.2 Å².